The molecular formula is C16H18N2S. The molecule has 3 rings (SSSR count). The molecule has 2 heterocycles. The van der Waals surface area contributed by atoms with Crippen LogP contribution in [0.2, 0.25) is 0 Å². The van der Waals surface area contributed by atoms with Gasteiger partial charge in [0.05, 0.1) is 5.69 Å². The van der Waals surface area contributed by atoms with Gasteiger partial charge in [-0.15, -0.1) is 11.3 Å². The molecule has 0 fully saturated rings. The van der Waals surface area contributed by atoms with Gasteiger partial charge in [-0.2, -0.15) is 0 Å². The Morgan fingerprint density at radius 3 is 2.42 bits per heavy atom. The Bertz CT molecular complexity index is 711. The maximum absolute atomic E-state index is 4.36. The van der Waals surface area contributed by atoms with Crippen LogP contribution in [-0.2, 0) is 5.41 Å². The van der Waals surface area contributed by atoms with Crippen molar-refractivity contribution in [2.45, 2.75) is 33.1 Å². The second-order valence-electron chi connectivity index (χ2n) is 5.91. The summed E-state index contributed by atoms with van der Waals surface area (Å²) in [6, 6.07) is 8.90. The number of benzene rings is 1. The van der Waals surface area contributed by atoms with Gasteiger partial charge in [0.25, 0.3) is 0 Å². The minimum absolute atomic E-state index is 0.201. The summed E-state index contributed by atoms with van der Waals surface area (Å²) in [7, 11) is 0. The van der Waals surface area contributed by atoms with Crippen molar-refractivity contribution in [2.75, 3.05) is 0 Å². The molecule has 0 radical (unpaired) electrons. The van der Waals surface area contributed by atoms with Crippen molar-refractivity contribution in [3.63, 3.8) is 0 Å². The van der Waals surface area contributed by atoms with Crippen LogP contribution in [0.25, 0.3) is 16.2 Å². The normalized spacial score (nSPS) is 12.2. The average Bonchev–Trinajstić information content (AvgIpc) is 2.87. The van der Waals surface area contributed by atoms with Gasteiger partial charge in [-0.05, 0) is 23.5 Å². The molecular weight excluding hydrogens is 252 g/mol. The zero-order valence-corrected chi connectivity index (χ0v) is 12.6. The minimum Gasteiger partial charge on any atom is -0.290 e. The van der Waals surface area contributed by atoms with E-state index < -0.39 is 0 Å². The minimum atomic E-state index is 0.201. The summed E-state index contributed by atoms with van der Waals surface area (Å²) in [5.41, 5.74) is 4.09. The highest BCUT2D eigenvalue weighted by atomic mass is 32.1. The first-order chi connectivity index (χ1) is 8.97. The summed E-state index contributed by atoms with van der Waals surface area (Å²) < 4.78 is 2.17. The van der Waals surface area contributed by atoms with Crippen LogP contribution in [0.1, 0.15) is 31.2 Å². The van der Waals surface area contributed by atoms with E-state index in [-0.39, 0.29) is 5.41 Å². The number of hydrogen-bond donors (Lipinski definition) is 0. The van der Waals surface area contributed by atoms with Gasteiger partial charge in [-0.3, -0.25) is 4.40 Å². The number of fused-ring (bicyclic) bond motifs is 1. The molecule has 2 nitrogen and oxygen atoms in total. The third kappa shape index (κ3) is 2.08. The zero-order valence-electron chi connectivity index (χ0n) is 11.8. The molecule has 3 heteroatoms. The van der Waals surface area contributed by atoms with E-state index in [0.717, 1.165) is 4.96 Å². The van der Waals surface area contributed by atoms with E-state index in [1.165, 1.54) is 21.7 Å². The van der Waals surface area contributed by atoms with Crippen LogP contribution >= 0.6 is 11.3 Å². The number of nitrogens with zero attached hydrogens (tertiary/aromatic N) is 2. The Hall–Kier alpha value is -1.61. The van der Waals surface area contributed by atoms with Gasteiger partial charge in [-0.1, -0.05) is 45.0 Å². The molecule has 0 saturated carbocycles. The first-order valence-corrected chi connectivity index (χ1v) is 7.32. The molecule has 0 aliphatic rings. The largest absolute Gasteiger partial charge is 0.290 e. The molecule has 0 bridgehead atoms. The van der Waals surface area contributed by atoms with Gasteiger partial charge in [0.15, 0.2) is 4.96 Å². The highest BCUT2D eigenvalue weighted by Gasteiger charge is 2.15. The van der Waals surface area contributed by atoms with Crippen LogP contribution < -0.4 is 0 Å². The fourth-order valence-electron chi connectivity index (χ4n) is 2.36. The maximum Gasteiger partial charge on any atom is 0.194 e. The maximum atomic E-state index is 4.36. The highest BCUT2D eigenvalue weighted by Crippen LogP contribution is 2.32. The molecule has 0 N–H and O–H groups in total. The number of aryl methyl sites for hydroxylation is 1. The summed E-state index contributed by atoms with van der Waals surface area (Å²) in [4.78, 5) is 6.74. The van der Waals surface area contributed by atoms with Crippen LogP contribution in [0.5, 0.6) is 0 Å². The van der Waals surface area contributed by atoms with Gasteiger partial charge in [-0.25, -0.2) is 4.98 Å². The number of rotatable bonds is 1. The van der Waals surface area contributed by atoms with Crippen molar-refractivity contribution in [3.8, 4) is 11.3 Å². The van der Waals surface area contributed by atoms with E-state index in [0.29, 0.717) is 0 Å². The third-order valence-corrected chi connectivity index (χ3v) is 4.43. The van der Waals surface area contributed by atoms with Crippen molar-refractivity contribution < 1.29 is 0 Å². The molecule has 0 aliphatic carbocycles. The smallest absolute Gasteiger partial charge is 0.194 e. The Labute approximate surface area is 117 Å². The Morgan fingerprint density at radius 1 is 1.11 bits per heavy atom. The molecule has 0 spiro atoms. The van der Waals surface area contributed by atoms with E-state index in [2.05, 4.69) is 61.3 Å². The summed E-state index contributed by atoms with van der Waals surface area (Å²) >= 11 is 1.74. The predicted molar refractivity (Wildman–Crippen MR) is 81.9 cm³/mol. The van der Waals surface area contributed by atoms with Gasteiger partial charge in [0.1, 0.15) is 0 Å². The van der Waals surface area contributed by atoms with Crippen LogP contribution in [0.15, 0.2) is 36.7 Å². The van der Waals surface area contributed by atoms with Crippen molar-refractivity contribution in [2.24, 2.45) is 0 Å². The molecule has 0 amide bonds. The van der Waals surface area contributed by atoms with E-state index in [1.54, 1.807) is 11.3 Å². The van der Waals surface area contributed by atoms with Gasteiger partial charge in [0, 0.05) is 17.3 Å². The van der Waals surface area contributed by atoms with E-state index in [4.69, 9.17) is 0 Å². The molecule has 19 heavy (non-hydrogen) atoms. The highest BCUT2D eigenvalue weighted by molar-refractivity contribution is 7.17. The lowest BCUT2D eigenvalue weighted by molar-refractivity contribution is 0.590. The second-order valence-corrected chi connectivity index (χ2v) is 7.10. The first-order valence-electron chi connectivity index (χ1n) is 6.50. The van der Waals surface area contributed by atoms with Gasteiger partial charge in [0.2, 0.25) is 0 Å². The van der Waals surface area contributed by atoms with Crippen LogP contribution in [-0.4, -0.2) is 9.38 Å². The van der Waals surface area contributed by atoms with Crippen molar-refractivity contribution in [1.82, 2.24) is 9.38 Å². The summed E-state index contributed by atoms with van der Waals surface area (Å²) in [6.45, 7) is 8.89. The summed E-state index contributed by atoms with van der Waals surface area (Å²) in [6.07, 6.45) is 3.89. The van der Waals surface area contributed by atoms with Crippen LogP contribution in [0.3, 0.4) is 0 Å². The number of imidazole rings is 1. The number of hydrogen-bond acceptors (Lipinski definition) is 2. The average molecular weight is 270 g/mol. The predicted octanol–water partition coefficient (Wildman–Crippen LogP) is 4.67. The molecule has 2 aromatic heterocycles. The summed E-state index contributed by atoms with van der Waals surface area (Å²) in [5.74, 6) is 0. The SMILES string of the molecule is Cc1sc2nccn2c1-c1ccc(C(C)(C)C)cc1. The van der Waals surface area contributed by atoms with Crippen LogP contribution in [0.4, 0.5) is 0 Å². The van der Waals surface area contributed by atoms with Crippen molar-refractivity contribution in [1.29, 1.82) is 0 Å². The topological polar surface area (TPSA) is 17.3 Å². The standard InChI is InChI=1S/C16H18N2S/c1-11-14(18-10-9-17-15(18)19-11)12-5-7-13(8-6-12)16(2,3)4/h5-10H,1-4H3. The lowest BCUT2D eigenvalue weighted by Crippen LogP contribution is -2.10. The van der Waals surface area contributed by atoms with Crippen molar-refractivity contribution >= 4 is 16.3 Å². The fraction of sp³-hybridized carbons (Fsp3) is 0.312. The lowest BCUT2D eigenvalue weighted by atomic mass is 9.86. The van der Waals surface area contributed by atoms with Gasteiger partial charge < -0.3 is 0 Å². The lowest BCUT2D eigenvalue weighted by Gasteiger charge is -2.19. The van der Waals surface area contributed by atoms with E-state index >= 15 is 0 Å². The first kappa shape index (κ1) is 12.4. The summed E-state index contributed by atoms with van der Waals surface area (Å²) in [5, 5.41) is 0. The fourth-order valence-corrected chi connectivity index (χ4v) is 3.31. The third-order valence-electron chi connectivity index (χ3n) is 3.45. The number of aromatic nitrogens is 2. The molecule has 3 aromatic rings. The van der Waals surface area contributed by atoms with Crippen molar-refractivity contribution in [3.05, 3.63) is 47.1 Å². The molecule has 0 atom stereocenters. The second kappa shape index (κ2) is 4.20. The Balaban J connectivity index is 2.12. The molecule has 0 aliphatic heterocycles. The monoisotopic (exact) mass is 270 g/mol. The Kier molecular flexibility index (Phi) is 2.75. The molecule has 0 unspecified atom stereocenters. The van der Waals surface area contributed by atoms with Crippen LogP contribution in [0, 0.1) is 6.92 Å². The van der Waals surface area contributed by atoms with Gasteiger partial charge >= 0.3 is 0 Å². The molecule has 98 valence electrons. The number of thiazole rings is 1. The quantitative estimate of drug-likeness (QED) is 0.628. The Morgan fingerprint density at radius 2 is 1.79 bits per heavy atom. The zero-order chi connectivity index (χ0) is 13.6. The molecule has 0 saturated heterocycles. The van der Waals surface area contributed by atoms with E-state index in [1.807, 2.05) is 12.4 Å². The van der Waals surface area contributed by atoms with E-state index in [9.17, 15) is 0 Å². The molecule has 1 aromatic carbocycles.